The molecule has 0 aromatic rings. The topological polar surface area (TPSA) is 44.1 Å². The Balaban J connectivity index is 2.65. The van der Waals surface area contributed by atoms with E-state index in [4.69, 9.17) is 5.26 Å². The van der Waals surface area contributed by atoms with E-state index in [0.717, 1.165) is 25.9 Å². The summed E-state index contributed by atoms with van der Waals surface area (Å²) in [4.78, 5) is 14.0. The third-order valence-electron chi connectivity index (χ3n) is 4.43. The van der Waals surface area contributed by atoms with E-state index in [0.29, 0.717) is 5.41 Å². The van der Waals surface area contributed by atoms with E-state index in [-0.39, 0.29) is 5.91 Å². The number of likely N-dealkylation sites (tertiary alicyclic amines) is 1. The molecule has 3 nitrogen and oxygen atoms in total. The van der Waals surface area contributed by atoms with Gasteiger partial charge in [-0.1, -0.05) is 26.7 Å². The van der Waals surface area contributed by atoms with Gasteiger partial charge in [0.25, 0.3) is 0 Å². The monoisotopic (exact) mass is 236 g/mol. The highest BCUT2D eigenvalue weighted by atomic mass is 16.2. The number of hydrogen-bond donors (Lipinski definition) is 0. The van der Waals surface area contributed by atoms with Crippen LogP contribution in [0.25, 0.3) is 0 Å². The minimum atomic E-state index is -0.877. The van der Waals surface area contributed by atoms with Crippen molar-refractivity contribution in [2.75, 3.05) is 13.1 Å². The molecule has 1 aliphatic rings. The second kappa shape index (κ2) is 5.08. The third-order valence-corrected chi connectivity index (χ3v) is 4.43. The van der Waals surface area contributed by atoms with E-state index < -0.39 is 5.41 Å². The van der Waals surface area contributed by atoms with Crippen LogP contribution in [0.2, 0.25) is 0 Å². The van der Waals surface area contributed by atoms with Gasteiger partial charge in [0.2, 0.25) is 5.91 Å². The smallest absolute Gasteiger partial charge is 0.242 e. The van der Waals surface area contributed by atoms with Crippen LogP contribution < -0.4 is 0 Å². The average molecular weight is 236 g/mol. The summed E-state index contributed by atoms with van der Waals surface area (Å²) in [6.45, 7) is 9.51. The maximum Gasteiger partial charge on any atom is 0.242 e. The van der Waals surface area contributed by atoms with Crippen molar-refractivity contribution in [3.63, 3.8) is 0 Å². The fraction of sp³-hybridized carbons (Fsp3) is 0.857. The van der Waals surface area contributed by atoms with Crippen molar-refractivity contribution in [1.82, 2.24) is 4.90 Å². The average Bonchev–Trinajstić information content (AvgIpc) is 2.38. The molecule has 0 N–H and O–H groups in total. The number of amides is 1. The Kier molecular flexibility index (Phi) is 4.19. The lowest BCUT2D eigenvalue weighted by Crippen LogP contribution is -2.47. The molecule has 3 heteroatoms. The Morgan fingerprint density at radius 2 is 1.76 bits per heavy atom. The van der Waals surface area contributed by atoms with Crippen LogP contribution in [-0.4, -0.2) is 23.9 Å². The molecule has 0 aromatic heterocycles. The summed E-state index contributed by atoms with van der Waals surface area (Å²) < 4.78 is 0. The predicted octanol–water partition coefficient (Wildman–Crippen LogP) is 2.96. The highest BCUT2D eigenvalue weighted by molar-refractivity contribution is 5.84. The molecule has 0 atom stereocenters. The molecule has 0 saturated carbocycles. The molecule has 0 aliphatic carbocycles. The summed E-state index contributed by atoms with van der Waals surface area (Å²) in [7, 11) is 0. The first-order valence-corrected chi connectivity index (χ1v) is 6.61. The number of nitrogens with zero attached hydrogens (tertiary/aromatic N) is 2. The molecule has 1 fully saturated rings. The lowest BCUT2D eigenvalue weighted by molar-refractivity contribution is -0.140. The van der Waals surface area contributed by atoms with E-state index in [1.807, 2.05) is 4.90 Å². The molecule has 0 aromatic carbocycles. The number of carbonyl (C=O) groups is 1. The van der Waals surface area contributed by atoms with Gasteiger partial charge in [0.1, 0.15) is 5.41 Å². The van der Waals surface area contributed by atoms with E-state index in [1.165, 1.54) is 12.8 Å². The van der Waals surface area contributed by atoms with Gasteiger partial charge in [-0.2, -0.15) is 5.26 Å². The Labute approximate surface area is 105 Å². The van der Waals surface area contributed by atoms with Gasteiger partial charge in [0, 0.05) is 13.1 Å². The quantitative estimate of drug-likeness (QED) is 0.756. The maximum atomic E-state index is 12.1. The van der Waals surface area contributed by atoms with E-state index in [2.05, 4.69) is 19.9 Å². The van der Waals surface area contributed by atoms with Crippen LogP contribution in [0.15, 0.2) is 0 Å². The normalized spacial score (nSPS) is 19.8. The van der Waals surface area contributed by atoms with Gasteiger partial charge in [0.05, 0.1) is 6.07 Å². The third kappa shape index (κ3) is 2.80. The van der Waals surface area contributed by atoms with Gasteiger partial charge >= 0.3 is 0 Å². The molecule has 1 amide bonds. The molecule has 1 aliphatic heterocycles. The summed E-state index contributed by atoms with van der Waals surface area (Å²) in [5.74, 6) is -0.0131. The summed E-state index contributed by atoms with van der Waals surface area (Å²) >= 11 is 0. The summed E-state index contributed by atoms with van der Waals surface area (Å²) in [6.07, 6.45) is 4.53. The van der Waals surface area contributed by atoms with Crippen molar-refractivity contribution in [3.05, 3.63) is 0 Å². The number of carbonyl (C=O) groups excluding carboxylic acids is 1. The number of nitriles is 1. The first-order chi connectivity index (χ1) is 7.90. The number of piperidine rings is 1. The second-order valence-electron chi connectivity index (χ2n) is 5.74. The first-order valence-electron chi connectivity index (χ1n) is 6.61. The summed E-state index contributed by atoms with van der Waals surface area (Å²) in [5, 5.41) is 8.99. The van der Waals surface area contributed by atoms with Crippen molar-refractivity contribution in [1.29, 1.82) is 5.26 Å². The van der Waals surface area contributed by atoms with Crippen LogP contribution in [0.4, 0.5) is 0 Å². The minimum Gasteiger partial charge on any atom is -0.341 e. The molecule has 1 saturated heterocycles. The lowest BCUT2D eigenvalue weighted by Gasteiger charge is -2.42. The van der Waals surface area contributed by atoms with Crippen LogP contribution in [0.5, 0.6) is 0 Å². The number of rotatable bonds is 3. The zero-order valence-electron chi connectivity index (χ0n) is 11.5. The zero-order chi connectivity index (χ0) is 13.1. The molecular formula is C14H24N2O. The molecular weight excluding hydrogens is 212 g/mol. The molecule has 1 rings (SSSR count). The van der Waals surface area contributed by atoms with E-state index in [1.54, 1.807) is 13.8 Å². The van der Waals surface area contributed by atoms with Crippen LogP contribution in [0, 0.1) is 22.2 Å². The second-order valence-corrected chi connectivity index (χ2v) is 5.74. The largest absolute Gasteiger partial charge is 0.341 e. The van der Waals surface area contributed by atoms with Gasteiger partial charge in [-0.3, -0.25) is 4.79 Å². The van der Waals surface area contributed by atoms with Crippen molar-refractivity contribution in [2.45, 2.75) is 53.4 Å². The van der Waals surface area contributed by atoms with Crippen molar-refractivity contribution < 1.29 is 4.79 Å². The fourth-order valence-electron chi connectivity index (χ4n) is 2.58. The Morgan fingerprint density at radius 3 is 2.12 bits per heavy atom. The lowest BCUT2D eigenvalue weighted by atomic mass is 9.74. The highest BCUT2D eigenvalue weighted by Gasteiger charge is 2.37. The van der Waals surface area contributed by atoms with Crippen LogP contribution in [0.3, 0.4) is 0 Å². The molecule has 0 spiro atoms. The Hall–Kier alpha value is -1.04. The summed E-state index contributed by atoms with van der Waals surface area (Å²) in [6, 6.07) is 2.10. The Morgan fingerprint density at radius 1 is 1.29 bits per heavy atom. The molecule has 0 radical (unpaired) electrons. The molecule has 1 heterocycles. The van der Waals surface area contributed by atoms with E-state index in [9.17, 15) is 4.79 Å². The highest BCUT2D eigenvalue weighted by Crippen LogP contribution is 2.38. The molecule has 96 valence electrons. The zero-order valence-corrected chi connectivity index (χ0v) is 11.5. The van der Waals surface area contributed by atoms with Crippen LogP contribution in [0.1, 0.15) is 53.4 Å². The fourth-order valence-corrected chi connectivity index (χ4v) is 2.58. The van der Waals surface area contributed by atoms with Gasteiger partial charge < -0.3 is 4.90 Å². The van der Waals surface area contributed by atoms with Crippen LogP contribution in [-0.2, 0) is 4.79 Å². The SMILES string of the molecule is CCC1(CC)CCN(C(=O)C(C)(C)C#N)CC1. The maximum absolute atomic E-state index is 12.1. The van der Waals surface area contributed by atoms with Gasteiger partial charge in [-0.05, 0) is 32.1 Å². The van der Waals surface area contributed by atoms with Gasteiger partial charge in [0.15, 0.2) is 0 Å². The van der Waals surface area contributed by atoms with Crippen molar-refractivity contribution in [2.24, 2.45) is 10.8 Å². The van der Waals surface area contributed by atoms with Gasteiger partial charge in [-0.15, -0.1) is 0 Å². The van der Waals surface area contributed by atoms with Gasteiger partial charge in [-0.25, -0.2) is 0 Å². The molecule has 0 bridgehead atoms. The van der Waals surface area contributed by atoms with Crippen LogP contribution >= 0.6 is 0 Å². The molecule has 0 unspecified atom stereocenters. The summed E-state index contributed by atoms with van der Waals surface area (Å²) in [5.41, 5.74) is -0.452. The van der Waals surface area contributed by atoms with Crippen molar-refractivity contribution >= 4 is 5.91 Å². The minimum absolute atomic E-state index is 0.0131. The standard InChI is InChI=1S/C14H24N2O/c1-5-14(6-2)7-9-16(10-8-14)12(17)13(3,4)11-15/h5-10H2,1-4H3. The predicted molar refractivity (Wildman–Crippen MR) is 68.2 cm³/mol. The number of hydrogen-bond acceptors (Lipinski definition) is 2. The molecule has 17 heavy (non-hydrogen) atoms. The Bertz CT molecular complexity index is 314. The van der Waals surface area contributed by atoms with Crippen molar-refractivity contribution in [3.8, 4) is 6.07 Å². The first kappa shape index (κ1) is 14.0. The van der Waals surface area contributed by atoms with E-state index >= 15 is 0 Å².